The van der Waals surface area contributed by atoms with Crippen LogP contribution in [0.15, 0.2) is 24.3 Å². The molecule has 0 radical (unpaired) electrons. The Morgan fingerprint density at radius 2 is 2.00 bits per heavy atom. The molecule has 1 aromatic rings. The highest BCUT2D eigenvalue weighted by atomic mass is 35.5. The molecular formula is C10H12ClNO. The summed E-state index contributed by atoms with van der Waals surface area (Å²) >= 11 is 5.72. The number of nitrogens with two attached hydrogens (primary N) is 1. The molecule has 0 saturated carbocycles. The lowest BCUT2D eigenvalue weighted by Crippen LogP contribution is -2.22. The molecule has 70 valence electrons. The molecule has 13 heavy (non-hydrogen) atoms. The van der Waals surface area contributed by atoms with Crippen molar-refractivity contribution in [1.29, 1.82) is 0 Å². The van der Waals surface area contributed by atoms with Crippen molar-refractivity contribution in [3.05, 3.63) is 34.9 Å². The zero-order chi connectivity index (χ0) is 9.68. The highest BCUT2D eigenvalue weighted by Crippen LogP contribution is 2.10. The van der Waals surface area contributed by atoms with Crippen molar-refractivity contribution in [1.82, 2.24) is 0 Å². The van der Waals surface area contributed by atoms with Crippen molar-refractivity contribution in [2.24, 2.45) is 5.73 Å². The van der Waals surface area contributed by atoms with Gasteiger partial charge in [-0.1, -0.05) is 23.7 Å². The van der Waals surface area contributed by atoms with Crippen LogP contribution in [0.3, 0.4) is 0 Å². The van der Waals surface area contributed by atoms with Gasteiger partial charge in [0, 0.05) is 17.5 Å². The van der Waals surface area contributed by atoms with E-state index in [1.165, 1.54) is 0 Å². The molecule has 0 bridgehead atoms. The molecule has 2 nitrogen and oxygen atoms in total. The molecule has 0 fully saturated rings. The fourth-order valence-electron chi connectivity index (χ4n) is 1.13. The molecule has 0 unspecified atom stereocenters. The number of carbonyl (C=O) groups excluding carboxylic acids is 1. The number of halogens is 1. The van der Waals surface area contributed by atoms with E-state index in [9.17, 15) is 4.79 Å². The monoisotopic (exact) mass is 197 g/mol. The van der Waals surface area contributed by atoms with Crippen LogP contribution in [0.4, 0.5) is 0 Å². The van der Waals surface area contributed by atoms with Gasteiger partial charge in [-0.2, -0.15) is 0 Å². The van der Waals surface area contributed by atoms with Crippen LogP contribution in [0.5, 0.6) is 0 Å². The molecule has 0 aromatic heterocycles. The van der Waals surface area contributed by atoms with Gasteiger partial charge in [0.05, 0.1) is 0 Å². The maximum Gasteiger partial charge on any atom is 0.121 e. The maximum atomic E-state index is 10.2. The minimum atomic E-state index is -0.0846. The van der Waals surface area contributed by atoms with Crippen LogP contribution in [0.2, 0.25) is 5.02 Å². The fraction of sp³-hybridized carbons (Fsp3) is 0.300. The predicted molar refractivity (Wildman–Crippen MR) is 53.8 cm³/mol. The standard InChI is InChI=1S/C10H12ClNO/c11-9-3-1-8(2-4-9)7-10(12)5-6-13/h1-4,6,10H,5,7,12H2/t10-/m1/s1. The summed E-state index contributed by atoms with van der Waals surface area (Å²) in [4.78, 5) is 10.2. The summed E-state index contributed by atoms with van der Waals surface area (Å²) < 4.78 is 0. The highest BCUT2D eigenvalue weighted by Gasteiger charge is 2.02. The van der Waals surface area contributed by atoms with Crippen LogP contribution >= 0.6 is 11.6 Å². The summed E-state index contributed by atoms with van der Waals surface area (Å²) in [5.41, 5.74) is 6.80. The van der Waals surface area contributed by atoms with Crippen molar-refractivity contribution < 1.29 is 4.79 Å². The summed E-state index contributed by atoms with van der Waals surface area (Å²) in [6, 6.07) is 7.41. The van der Waals surface area contributed by atoms with Gasteiger partial charge in [-0.25, -0.2) is 0 Å². The molecular weight excluding hydrogens is 186 g/mol. The smallest absolute Gasteiger partial charge is 0.121 e. The van der Waals surface area contributed by atoms with Gasteiger partial charge in [0.15, 0.2) is 0 Å². The summed E-state index contributed by atoms with van der Waals surface area (Å²) in [7, 11) is 0. The average molecular weight is 198 g/mol. The second-order valence-electron chi connectivity index (χ2n) is 2.99. The van der Waals surface area contributed by atoms with E-state index in [1.54, 1.807) is 0 Å². The number of hydrogen-bond donors (Lipinski definition) is 1. The molecule has 0 saturated heterocycles. The molecule has 1 rings (SSSR count). The number of hydrogen-bond acceptors (Lipinski definition) is 2. The second-order valence-corrected chi connectivity index (χ2v) is 3.43. The Hall–Kier alpha value is -0.860. The van der Waals surface area contributed by atoms with E-state index < -0.39 is 0 Å². The van der Waals surface area contributed by atoms with Gasteiger partial charge in [-0.3, -0.25) is 0 Å². The molecule has 2 N–H and O–H groups in total. The Balaban J connectivity index is 2.53. The van der Waals surface area contributed by atoms with Gasteiger partial charge >= 0.3 is 0 Å². The fourth-order valence-corrected chi connectivity index (χ4v) is 1.26. The number of carbonyl (C=O) groups is 1. The maximum absolute atomic E-state index is 10.2. The summed E-state index contributed by atoms with van der Waals surface area (Å²) in [5.74, 6) is 0. The zero-order valence-electron chi connectivity index (χ0n) is 7.24. The lowest BCUT2D eigenvalue weighted by Gasteiger charge is -2.07. The van der Waals surface area contributed by atoms with Gasteiger partial charge in [-0.15, -0.1) is 0 Å². The zero-order valence-corrected chi connectivity index (χ0v) is 8.00. The van der Waals surface area contributed by atoms with Gasteiger partial charge < -0.3 is 10.5 Å². The van der Waals surface area contributed by atoms with Crippen molar-refractivity contribution >= 4 is 17.9 Å². The molecule has 1 atom stereocenters. The Kier molecular flexibility index (Phi) is 3.93. The Bertz CT molecular complexity index is 271. The minimum absolute atomic E-state index is 0.0846. The molecule has 0 spiro atoms. The largest absolute Gasteiger partial charge is 0.327 e. The first-order chi connectivity index (χ1) is 6.22. The first kappa shape index (κ1) is 10.2. The average Bonchev–Trinajstić information content (AvgIpc) is 2.09. The lowest BCUT2D eigenvalue weighted by molar-refractivity contribution is -0.108. The van der Waals surface area contributed by atoms with Crippen molar-refractivity contribution in [3.8, 4) is 0 Å². The lowest BCUT2D eigenvalue weighted by atomic mass is 10.1. The normalized spacial score (nSPS) is 12.5. The molecule has 0 aliphatic carbocycles. The molecule has 0 heterocycles. The van der Waals surface area contributed by atoms with E-state index >= 15 is 0 Å². The number of rotatable bonds is 4. The number of benzene rings is 1. The van der Waals surface area contributed by atoms with Gasteiger partial charge in [0.1, 0.15) is 6.29 Å². The van der Waals surface area contributed by atoms with Crippen LogP contribution < -0.4 is 5.73 Å². The molecule has 1 aromatic carbocycles. The van der Waals surface area contributed by atoms with Crippen molar-refractivity contribution in [2.45, 2.75) is 18.9 Å². The SMILES string of the molecule is N[C@H](CC=O)Cc1ccc(Cl)cc1. The Labute approximate surface area is 82.7 Å². The van der Waals surface area contributed by atoms with Crippen LogP contribution in [-0.4, -0.2) is 12.3 Å². The molecule has 0 aliphatic rings. The molecule has 0 amide bonds. The van der Waals surface area contributed by atoms with E-state index in [1.807, 2.05) is 24.3 Å². The third kappa shape index (κ3) is 3.57. The highest BCUT2D eigenvalue weighted by molar-refractivity contribution is 6.30. The quantitative estimate of drug-likeness (QED) is 0.748. The van der Waals surface area contributed by atoms with Crippen LogP contribution in [0.1, 0.15) is 12.0 Å². The summed E-state index contributed by atoms with van der Waals surface area (Å²) in [6.07, 6.45) is 1.97. The second kappa shape index (κ2) is 5.00. The molecule has 3 heteroatoms. The predicted octanol–water partition coefficient (Wildman–Crippen LogP) is 1.80. The van der Waals surface area contributed by atoms with Crippen LogP contribution in [0, 0.1) is 0 Å². The van der Waals surface area contributed by atoms with Crippen LogP contribution in [-0.2, 0) is 11.2 Å². The number of aldehydes is 1. The summed E-state index contributed by atoms with van der Waals surface area (Å²) in [6.45, 7) is 0. The van der Waals surface area contributed by atoms with Gasteiger partial charge in [0.25, 0.3) is 0 Å². The Morgan fingerprint density at radius 1 is 1.38 bits per heavy atom. The van der Waals surface area contributed by atoms with E-state index in [2.05, 4.69) is 0 Å². The first-order valence-electron chi connectivity index (χ1n) is 4.16. The van der Waals surface area contributed by atoms with Gasteiger partial charge in [0.2, 0.25) is 0 Å². The van der Waals surface area contributed by atoms with Crippen molar-refractivity contribution in [2.75, 3.05) is 0 Å². The molecule has 0 aliphatic heterocycles. The van der Waals surface area contributed by atoms with Crippen molar-refractivity contribution in [3.63, 3.8) is 0 Å². The van der Waals surface area contributed by atoms with E-state index in [0.29, 0.717) is 11.4 Å². The third-order valence-corrected chi connectivity index (χ3v) is 2.06. The Morgan fingerprint density at radius 3 is 2.54 bits per heavy atom. The van der Waals surface area contributed by atoms with E-state index in [4.69, 9.17) is 17.3 Å². The topological polar surface area (TPSA) is 43.1 Å². The third-order valence-electron chi connectivity index (χ3n) is 1.81. The van der Waals surface area contributed by atoms with E-state index in [0.717, 1.165) is 18.3 Å². The minimum Gasteiger partial charge on any atom is -0.327 e. The van der Waals surface area contributed by atoms with E-state index in [-0.39, 0.29) is 6.04 Å². The summed E-state index contributed by atoms with van der Waals surface area (Å²) in [5, 5.41) is 0.715. The van der Waals surface area contributed by atoms with Crippen LogP contribution in [0.25, 0.3) is 0 Å². The first-order valence-corrected chi connectivity index (χ1v) is 4.54. The van der Waals surface area contributed by atoms with Gasteiger partial charge in [-0.05, 0) is 24.1 Å².